The first-order valence-electron chi connectivity index (χ1n) is 11.9. The first-order chi connectivity index (χ1) is 18.6. The fourth-order valence-corrected chi connectivity index (χ4v) is 20.2. The van der Waals surface area contributed by atoms with Gasteiger partial charge in [0.15, 0.2) is 0 Å². The number of fused-ring (bicyclic) bond motifs is 1. The van der Waals surface area contributed by atoms with Crippen LogP contribution in [0.1, 0.15) is 24.5 Å². The zero-order valence-corrected chi connectivity index (χ0v) is 29.4. The van der Waals surface area contributed by atoms with Crippen LogP contribution in [-0.4, -0.2) is 45.2 Å². The lowest BCUT2D eigenvalue weighted by Crippen LogP contribution is -2.31. The first-order valence-corrected chi connectivity index (χ1v) is 24.1. The zero-order valence-electron chi connectivity index (χ0n) is 21.3. The molecular formula is C23H32ClFN5O2P7. The topological polar surface area (TPSA) is 91.2 Å². The zero-order chi connectivity index (χ0) is 28.5. The van der Waals surface area contributed by atoms with Gasteiger partial charge >= 0.3 is 0 Å². The molecular weight excluding hydrogens is 650 g/mol. The minimum atomic E-state index is -0.470. The molecule has 0 fully saturated rings. The number of carbonyl (C=O) groups is 1. The van der Waals surface area contributed by atoms with Crippen molar-refractivity contribution in [3.05, 3.63) is 64.8 Å². The Kier molecular flexibility index (Phi) is 14.2. The Morgan fingerprint density at radius 3 is 2.69 bits per heavy atom. The number of nitrogens with zero attached hydrogens (tertiary/aromatic N) is 4. The molecule has 0 aliphatic carbocycles. The monoisotopic (exact) mass is 681 g/mol. The molecule has 39 heavy (non-hydrogen) atoms. The number of halogens is 2. The maximum atomic E-state index is 15.2. The number of aliphatic hydroxyl groups excluding tert-OH is 1. The molecule has 16 heteroatoms. The number of amides is 1. The Labute approximate surface area is 246 Å². The molecule has 210 valence electrons. The Morgan fingerprint density at radius 1 is 1.28 bits per heavy atom. The second-order valence-corrected chi connectivity index (χ2v) is 31.1. The third-order valence-electron chi connectivity index (χ3n) is 5.77. The Bertz CT molecular complexity index is 1280. The van der Waals surface area contributed by atoms with Crippen LogP contribution in [0.4, 0.5) is 16.0 Å². The van der Waals surface area contributed by atoms with Crippen LogP contribution in [-0.2, 0) is 17.6 Å². The molecule has 1 aromatic carbocycles. The van der Waals surface area contributed by atoms with Crippen molar-refractivity contribution < 1.29 is 14.3 Å². The maximum Gasteiger partial charge on any atom is 0.231 e. The third-order valence-corrected chi connectivity index (χ3v) is 36.6. The van der Waals surface area contributed by atoms with Crippen molar-refractivity contribution in [3.63, 3.8) is 0 Å². The van der Waals surface area contributed by atoms with Gasteiger partial charge in [-0.25, -0.2) is 19.3 Å². The second kappa shape index (κ2) is 16.5. The van der Waals surface area contributed by atoms with Crippen LogP contribution in [0.5, 0.6) is 0 Å². The predicted molar refractivity (Wildman–Crippen MR) is 182 cm³/mol. The van der Waals surface area contributed by atoms with Gasteiger partial charge in [0.25, 0.3) is 0 Å². The Hall–Kier alpha value is -0.0900. The van der Waals surface area contributed by atoms with E-state index in [1.807, 2.05) is 13.0 Å². The van der Waals surface area contributed by atoms with Crippen molar-refractivity contribution in [1.82, 2.24) is 15.0 Å². The van der Waals surface area contributed by atoms with E-state index in [0.29, 0.717) is 47.8 Å². The normalized spacial score (nSPS) is 14.2. The molecule has 7 unspecified atom stereocenters. The van der Waals surface area contributed by atoms with E-state index in [0.717, 1.165) is 13.5 Å². The highest BCUT2D eigenvalue weighted by Crippen LogP contribution is 2.92. The molecule has 7 atom stereocenters. The van der Waals surface area contributed by atoms with Gasteiger partial charge in [0.2, 0.25) is 11.9 Å². The Balaban J connectivity index is 0.000000532. The van der Waals surface area contributed by atoms with Crippen LogP contribution in [0.3, 0.4) is 0 Å². The van der Waals surface area contributed by atoms with E-state index in [4.69, 9.17) is 16.7 Å². The number of anilines is 2. The molecule has 3 heterocycles. The summed E-state index contributed by atoms with van der Waals surface area (Å²) in [7, 11) is 12.4. The standard InChI is InChI=1S/C23H23ClFN5O2.H9P7/c1-14(6-10-31)28-23-27-8-4-19(29-23)17-11-15-5-9-30(21(15)18(25)12-17)20(32)13-16-3-2-7-26-22(16)24;1-5-7(4)6(2)3/h2-4,7-8,11-12,14,31H,5-6,9-10,13H2,1H3,(H,27,28,29);5H,1-4H2. The summed E-state index contributed by atoms with van der Waals surface area (Å²) in [5.74, 6) is -0.284. The smallest absolute Gasteiger partial charge is 0.231 e. The first kappa shape index (κ1) is 33.4. The number of aromatic nitrogens is 3. The third kappa shape index (κ3) is 9.72. The molecule has 0 spiro atoms. The van der Waals surface area contributed by atoms with E-state index in [1.54, 1.807) is 30.6 Å². The van der Waals surface area contributed by atoms with Gasteiger partial charge in [-0.2, -0.15) is 0 Å². The Morgan fingerprint density at radius 2 is 2.05 bits per heavy atom. The number of benzene rings is 1. The summed E-state index contributed by atoms with van der Waals surface area (Å²) in [5, 5.41) is 12.5. The predicted octanol–water partition coefficient (Wildman–Crippen LogP) is 7.26. The average molecular weight is 682 g/mol. The summed E-state index contributed by atoms with van der Waals surface area (Å²) in [6, 6.07) is 8.43. The summed E-state index contributed by atoms with van der Waals surface area (Å²) in [6.07, 6.45) is 4.34. The van der Waals surface area contributed by atoms with Crippen LogP contribution in [0, 0.1) is 5.82 Å². The van der Waals surface area contributed by atoms with Gasteiger partial charge in [0.05, 0.1) is 17.8 Å². The lowest BCUT2D eigenvalue weighted by molar-refractivity contribution is -0.117. The van der Waals surface area contributed by atoms with Crippen LogP contribution >= 0.6 is 69.2 Å². The van der Waals surface area contributed by atoms with Crippen molar-refractivity contribution in [2.24, 2.45) is 0 Å². The summed E-state index contributed by atoms with van der Waals surface area (Å²) in [6.45, 7) is 2.84. The minimum absolute atomic E-state index is 0.0000970. The van der Waals surface area contributed by atoms with Crippen LogP contribution < -0.4 is 10.2 Å². The molecule has 7 nitrogen and oxygen atoms in total. The van der Waals surface area contributed by atoms with Gasteiger partial charge in [0, 0.05) is 37.2 Å². The lowest BCUT2D eigenvalue weighted by Gasteiger charge is -2.19. The van der Waals surface area contributed by atoms with E-state index in [1.165, 1.54) is 11.0 Å². The number of hydrogen-bond acceptors (Lipinski definition) is 6. The molecule has 0 radical (unpaired) electrons. The number of aliphatic hydroxyl groups is 1. The van der Waals surface area contributed by atoms with Crippen molar-refractivity contribution in [2.75, 3.05) is 23.4 Å². The largest absolute Gasteiger partial charge is 0.396 e. The van der Waals surface area contributed by atoms with Gasteiger partial charge < -0.3 is 15.3 Å². The highest BCUT2D eigenvalue weighted by atomic mass is 35.5. The molecule has 2 N–H and O–H groups in total. The number of pyridine rings is 1. The summed E-state index contributed by atoms with van der Waals surface area (Å²) < 4.78 is 15.2. The van der Waals surface area contributed by atoms with Crippen molar-refractivity contribution in [1.29, 1.82) is 0 Å². The van der Waals surface area contributed by atoms with Gasteiger partial charge in [-0.05, 0) is 69.1 Å². The van der Waals surface area contributed by atoms with E-state index in [2.05, 4.69) is 56.0 Å². The molecule has 1 aliphatic heterocycles. The molecule has 0 saturated heterocycles. The van der Waals surface area contributed by atoms with Crippen LogP contribution in [0.25, 0.3) is 11.3 Å². The van der Waals surface area contributed by atoms with Gasteiger partial charge in [0.1, 0.15) is 11.0 Å². The number of carbonyl (C=O) groups excluding carboxylic acids is 1. The number of rotatable bonds is 9. The summed E-state index contributed by atoms with van der Waals surface area (Å²) in [4.78, 5) is 27.0. The minimum Gasteiger partial charge on any atom is -0.396 e. The van der Waals surface area contributed by atoms with Gasteiger partial charge in [-0.15, -0.1) is 35.7 Å². The quantitative estimate of drug-likeness (QED) is 0.183. The maximum absolute atomic E-state index is 15.2. The molecule has 0 saturated carbocycles. The van der Waals surface area contributed by atoms with E-state index >= 15 is 4.39 Å². The molecule has 4 rings (SSSR count). The average Bonchev–Trinajstić information content (AvgIpc) is 3.35. The van der Waals surface area contributed by atoms with Gasteiger partial charge in [-0.3, -0.25) is 4.79 Å². The molecule has 3 aromatic rings. The van der Waals surface area contributed by atoms with Crippen LogP contribution in [0.2, 0.25) is 5.15 Å². The van der Waals surface area contributed by atoms with Crippen molar-refractivity contribution in [2.45, 2.75) is 32.2 Å². The van der Waals surface area contributed by atoms with Crippen LogP contribution in [0.15, 0.2) is 42.7 Å². The summed E-state index contributed by atoms with van der Waals surface area (Å²) >= 11 is 6.07. The lowest BCUT2D eigenvalue weighted by atomic mass is 10.0. The van der Waals surface area contributed by atoms with E-state index in [-0.39, 0.29) is 44.1 Å². The fraction of sp³-hybridized carbons (Fsp3) is 0.304. The molecule has 1 amide bonds. The van der Waals surface area contributed by atoms with Gasteiger partial charge in [-0.1, -0.05) is 25.6 Å². The van der Waals surface area contributed by atoms with Crippen molar-refractivity contribution >= 4 is 86.8 Å². The highest BCUT2D eigenvalue weighted by molar-refractivity contribution is 8.98. The van der Waals surface area contributed by atoms with E-state index in [9.17, 15) is 4.79 Å². The number of nitrogens with one attached hydrogen (secondary N) is 1. The highest BCUT2D eigenvalue weighted by Gasteiger charge is 2.29. The fourth-order valence-electron chi connectivity index (χ4n) is 3.84. The number of hydrogen-bond donors (Lipinski definition) is 2. The summed E-state index contributed by atoms with van der Waals surface area (Å²) in [5.41, 5.74) is 2.87. The second-order valence-electron chi connectivity index (χ2n) is 8.57. The van der Waals surface area contributed by atoms with Crippen molar-refractivity contribution in [3.8, 4) is 11.3 Å². The molecule has 0 bridgehead atoms. The SMILES string of the molecule is CC(CCO)Nc1nccc(-c2cc(F)c3c(c2)CCN3C(=O)Cc2cccnc2Cl)n1.PPP(P)P(P)P. The molecule has 1 aliphatic rings. The van der Waals surface area contributed by atoms with E-state index < -0.39 is 5.82 Å². The molecule has 2 aromatic heterocycles.